The topological polar surface area (TPSA) is 171 Å². The number of hydrogen-bond donors (Lipinski definition) is 5. The summed E-state index contributed by atoms with van der Waals surface area (Å²) in [6.07, 6.45) is -3.09. The smallest absolute Gasteiger partial charge is 0.481 e. The molecule has 2 aromatic rings. The molecule has 6 N–H and O–H groups in total. The Morgan fingerprint density at radius 3 is 2.00 bits per heavy atom. The number of benzene rings is 2. The molecule has 34 heavy (non-hydrogen) atoms. The second-order valence-electron chi connectivity index (χ2n) is 6.79. The van der Waals surface area contributed by atoms with Crippen molar-refractivity contribution in [1.29, 1.82) is 5.41 Å². The van der Waals surface area contributed by atoms with Gasteiger partial charge >= 0.3 is 18.1 Å². The van der Waals surface area contributed by atoms with Gasteiger partial charge in [-0.15, -0.1) is 0 Å². The first-order valence-electron chi connectivity index (χ1n) is 9.55. The minimum Gasteiger partial charge on any atom is -0.481 e. The van der Waals surface area contributed by atoms with Crippen LogP contribution >= 0.6 is 0 Å². The zero-order chi connectivity index (χ0) is 26.5. The zero-order valence-corrected chi connectivity index (χ0v) is 19.2. The zero-order valence-electron chi connectivity index (χ0n) is 18.3. The minimum absolute atomic E-state index is 0.00651. The van der Waals surface area contributed by atoms with E-state index in [1.165, 1.54) is 0 Å². The molecule has 0 spiro atoms. The van der Waals surface area contributed by atoms with Crippen molar-refractivity contribution in [3.8, 4) is 0 Å². The standard InChI is InChI=1S/C12H16N2O2.C7H9NO2S.C2HF3O2/c1-2-8(7-11(15)16)9-4-3-5-10(6-9)12(13)14;1-11(9,10)8-7-5-3-2-4-6-7;3-2(4,5)1(6)7/h3-6,8H,2,7H2,1H3,(H3,13,14)(H,15,16);2-6,8H,1H3;(H,6,7). The summed E-state index contributed by atoms with van der Waals surface area (Å²) in [4.78, 5) is 19.6. The number of nitrogens with two attached hydrogens (primary N) is 1. The molecule has 0 radical (unpaired) electrons. The van der Waals surface area contributed by atoms with Crippen LogP contribution in [0.2, 0.25) is 0 Å². The van der Waals surface area contributed by atoms with E-state index in [4.69, 9.17) is 26.2 Å². The summed E-state index contributed by atoms with van der Waals surface area (Å²) in [5.74, 6) is -3.57. The lowest BCUT2D eigenvalue weighted by molar-refractivity contribution is -0.192. The Hall–Kier alpha value is -3.61. The van der Waals surface area contributed by atoms with Crippen molar-refractivity contribution >= 4 is 33.5 Å². The van der Waals surface area contributed by atoms with Gasteiger partial charge in [0.2, 0.25) is 10.0 Å². The molecule has 0 saturated heterocycles. The van der Waals surface area contributed by atoms with E-state index in [2.05, 4.69) is 4.72 Å². The molecule has 0 aliphatic rings. The van der Waals surface area contributed by atoms with Gasteiger partial charge in [-0.25, -0.2) is 13.2 Å². The third kappa shape index (κ3) is 13.7. The summed E-state index contributed by atoms with van der Waals surface area (Å²) >= 11 is 0. The van der Waals surface area contributed by atoms with Gasteiger partial charge in [0.05, 0.1) is 12.7 Å². The number of sulfonamides is 1. The highest BCUT2D eigenvalue weighted by Gasteiger charge is 2.38. The van der Waals surface area contributed by atoms with Gasteiger partial charge in [-0.05, 0) is 36.1 Å². The average Bonchev–Trinajstić information content (AvgIpc) is 2.71. The van der Waals surface area contributed by atoms with Crippen molar-refractivity contribution in [3.05, 3.63) is 65.7 Å². The number of hydrogen-bond acceptors (Lipinski definition) is 5. The SMILES string of the molecule is CCC(CC(=O)O)c1cccc(C(=N)N)c1.CS(=O)(=O)Nc1ccccc1.O=C(O)C(F)(F)F. The average molecular weight is 506 g/mol. The van der Waals surface area contributed by atoms with Crippen molar-refractivity contribution in [2.24, 2.45) is 5.73 Å². The van der Waals surface area contributed by atoms with Gasteiger partial charge in [0, 0.05) is 11.3 Å². The first-order chi connectivity index (χ1) is 15.6. The first kappa shape index (κ1) is 30.4. The number of amidine groups is 1. The lowest BCUT2D eigenvalue weighted by Gasteiger charge is -2.13. The van der Waals surface area contributed by atoms with E-state index in [-0.39, 0.29) is 18.2 Å². The highest BCUT2D eigenvalue weighted by Crippen LogP contribution is 2.23. The number of aliphatic carboxylic acids is 2. The number of carboxylic acids is 2. The molecular formula is C21H26F3N3O6S. The number of rotatable bonds is 7. The van der Waals surface area contributed by atoms with E-state index in [0.717, 1.165) is 18.2 Å². The van der Waals surface area contributed by atoms with Crippen LogP contribution in [0.3, 0.4) is 0 Å². The van der Waals surface area contributed by atoms with Crippen LogP contribution in [0.5, 0.6) is 0 Å². The lowest BCUT2D eigenvalue weighted by atomic mass is 9.92. The molecule has 0 aromatic heterocycles. The van der Waals surface area contributed by atoms with Crippen LogP contribution in [-0.2, 0) is 19.6 Å². The maximum Gasteiger partial charge on any atom is 0.490 e. The van der Waals surface area contributed by atoms with E-state index in [9.17, 15) is 26.4 Å². The number of nitrogen functional groups attached to an aromatic ring is 1. The van der Waals surface area contributed by atoms with Gasteiger partial charge in [0.25, 0.3) is 0 Å². The number of halogens is 3. The van der Waals surface area contributed by atoms with E-state index in [1.54, 1.807) is 42.5 Å². The molecular weight excluding hydrogens is 479 g/mol. The third-order valence-electron chi connectivity index (χ3n) is 3.90. The van der Waals surface area contributed by atoms with E-state index in [1.807, 2.05) is 19.1 Å². The summed E-state index contributed by atoms with van der Waals surface area (Å²) in [5.41, 5.74) is 7.55. The summed E-state index contributed by atoms with van der Waals surface area (Å²) in [7, 11) is -3.13. The summed E-state index contributed by atoms with van der Waals surface area (Å²) in [5, 5.41) is 23.2. The molecule has 0 saturated carbocycles. The highest BCUT2D eigenvalue weighted by molar-refractivity contribution is 7.92. The van der Waals surface area contributed by atoms with Crippen LogP contribution in [0.25, 0.3) is 0 Å². The quantitative estimate of drug-likeness (QED) is 0.282. The number of para-hydroxylation sites is 1. The Morgan fingerprint density at radius 1 is 1.09 bits per heavy atom. The Labute approximate surface area is 195 Å². The Morgan fingerprint density at radius 2 is 1.62 bits per heavy atom. The van der Waals surface area contributed by atoms with Crippen LogP contribution in [0.4, 0.5) is 18.9 Å². The summed E-state index contributed by atoms with van der Waals surface area (Å²) in [6.45, 7) is 1.95. The number of nitrogens with one attached hydrogen (secondary N) is 2. The van der Waals surface area contributed by atoms with Crippen LogP contribution < -0.4 is 10.5 Å². The number of anilines is 1. The van der Waals surface area contributed by atoms with E-state index >= 15 is 0 Å². The molecule has 1 atom stereocenters. The van der Waals surface area contributed by atoms with E-state index in [0.29, 0.717) is 11.3 Å². The monoisotopic (exact) mass is 505 g/mol. The van der Waals surface area contributed by atoms with Crippen LogP contribution in [0.15, 0.2) is 54.6 Å². The van der Waals surface area contributed by atoms with Gasteiger partial charge in [-0.1, -0.05) is 43.3 Å². The fourth-order valence-electron chi connectivity index (χ4n) is 2.39. The van der Waals surface area contributed by atoms with Crippen molar-refractivity contribution in [2.75, 3.05) is 11.0 Å². The molecule has 2 rings (SSSR count). The van der Waals surface area contributed by atoms with Crippen LogP contribution in [0.1, 0.15) is 36.8 Å². The molecule has 0 heterocycles. The number of alkyl halides is 3. The molecule has 9 nitrogen and oxygen atoms in total. The van der Waals surface area contributed by atoms with Crippen molar-refractivity contribution in [2.45, 2.75) is 31.9 Å². The normalized spacial score (nSPS) is 11.6. The Bertz CT molecular complexity index is 1060. The Kier molecular flexibility index (Phi) is 12.4. The number of carboxylic acid groups (broad SMARTS) is 2. The molecule has 0 aliphatic carbocycles. The lowest BCUT2D eigenvalue weighted by Crippen LogP contribution is -2.21. The van der Waals surface area contributed by atoms with Crippen LogP contribution in [0, 0.1) is 5.41 Å². The molecule has 0 amide bonds. The minimum atomic E-state index is -5.08. The van der Waals surface area contributed by atoms with Gasteiger partial charge in [0.1, 0.15) is 5.84 Å². The number of carbonyl (C=O) groups is 2. The molecule has 0 fully saturated rings. The third-order valence-corrected chi connectivity index (χ3v) is 4.51. The summed E-state index contributed by atoms with van der Waals surface area (Å²) < 4.78 is 55.5. The van der Waals surface area contributed by atoms with Crippen molar-refractivity contribution in [3.63, 3.8) is 0 Å². The second kappa shape index (κ2) is 13.8. The van der Waals surface area contributed by atoms with Gasteiger partial charge < -0.3 is 15.9 Å². The van der Waals surface area contributed by atoms with Crippen molar-refractivity contribution < 1.29 is 41.4 Å². The van der Waals surface area contributed by atoms with Crippen molar-refractivity contribution in [1.82, 2.24) is 0 Å². The molecule has 0 bridgehead atoms. The predicted octanol–water partition coefficient (Wildman–Crippen LogP) is 3.63. The van der Waals surface area contributed by atoms with Crippen LogP contribution in [-0.4, -0.2) is 48.8 Å². The predicted molar refractivity (Wildman–Crippen MR) is 121 cm³/mol. The van der Waals surface area contributed by atoms with Gasteiger partial charge in [-0.2, -0.15) is 13.2 Å². The second-order valence-corrected chi connectivity index (χ2v) is 8.53. The van der Waals surface area contributed by atoms with Gasteiger partial charge in [-0.3, -0.25) is 14.9 Å². The Balaban J connectivity index is 0.000000524. The highest BCUT2D eigenvalue weighted by atomic mass is 32.2. The fraction of sp³-hybridized carbons (Fsp3) is 0.286. The largest absolute Gasteiger partial charge is 0.490 e. The first-order valence-corrected chi connectivity index (χ1v) is 11.4. The maximum absolute atomic E-state index is 10.7. The van der Waals surface area contributed by atoms with Gasteiger partial charge in [0.15, 0.2) is 0 Å². The van der Waals surface area contributed by atoms with E-state index < -0.39 is 28.1 Å². The molecule has 2 aromatic carbocycles. The molecule has 1 unspecified atom stereocenters. The summed E-state index contributed by atoms with van der Waals surface area (Å²) in [6, 6.07) is 16.0. The maximum atomic E-state index is 10.7. The molecule has 0 aliphatic heterocycles. The fourth-order valence-corrected chi connectivity index (χ4v) is 2.95. The molecule has 13 heteroatoms. The molecule has 188 valence electrons.